The largest absolute Gasteiger partial charge is 0.232 e. The molecule has 0 saturated carbocycles. The lowest BCUT2D eigenvalue weighted by Gasteiger charge is -1.88. The van der Waals surface area contributed by atoms with Crippen molar-refractivity contribution in [2.45, 2.75) is 6.92 Å². The molecule has 2 rings (SSSR count). The van der Waals surface area contributed by atoms with Crippen LogP contribution in [0.15, 0.2) is 18.5 Å². The van der Waals surface area contributed by atoms with Gasteiger partial charge in [0.2, 0.25) is 5.13 Å². The van der Waals surface area contributed by atoms with E-state index < -0.39 is 0 Å². The molecule has 0 bridgehead atoms. The molecule has 0 fully saturated rings. The van der Waals surface area contributed by atoms with Gasteiger partial charge in [-0.15, -0.1) is 10.2 Å². The lowest BCUT2D eigenvalue weighted by Crippen LogP contribution is -1.92. The summed E-state index contributed by atoms with van der Waals surface area (Å²) in [4.78, 5) is 0. The van der Waals surface area contributed by atoms with E-state index in [2.05, 4.69) is 15.3 Å². The molecule has 0 aliphatic rings. The molecule has 2 aromatic rings. The van der Waals surface area contributed by atoms with Gasteiger partial charge in [-0.1, -0.05) is 11.3 Å². The third-order valence-corrected chi connectivity index (χ3v) is 2.04. The summed E-state index contributed by atoms with van der Waals surface area (Å²) < 4.78 is 1.70. The van der Waals surface area contributed by atoms with Crippen molar-refractivity contribution in [2.75, 3.05) is 0 Å². The van der Waals surface area contributed by atoms with E-state index >= 15 is 0 Å². The SMILES string of the molecule is Cc1nnc(-n2cccn2)s1. The highest BCUT2D eigenvalue weighted by atomic mass is 32.1. The maximum absolute atomic E-state index is 4.02. The second-order valence-electron chi connectivity index (χ2n) is 2.05. The molecule has 0 atom stereocenters. The third kappa shape index (κ3) is 1.14. The standard InChI is InChI=1S/C6H6N4S/c1-5-8-9-6(11-5)10-4-2-3-7-10/h2-4H,1H3. The summed E-state index contributed by atoms with van der Waals surface area (Å²) in [6.45, 7) is 1.92. The van der Waals surface area contributed by atoms with E-state index in [0.29, 0.717) is 0 Å². The Hall–Kier alpha value is -1.23. The number of aromatic nitrogens is 4. The number of nitrogens with zero attached hydrogens (tertiary/aromatic N) is 4. The van der Waals surface area contributed by atoms with Crippen LogP contribution in [0.5, 0.6) is 0 Å². The van der Waals surface area contributed by atoms with E-state index in [1.807, 2.05) is 19.2 Å². The Kier molecular flexibility index (Phi) is 1.43. The number of rotatable bonds is 1. The highest BCUT2D eigenvalue weighted by Gasteiger charge is 2.00. The smallest absolute Gasteiger partial charge is 0.212 e. The van der Waals surface area contributed by atoms with Gasteiger partial charge in [0.25, 0.3) is 0 Å². The summed E-state index contributed by atoms with van der Waals surface area (Å²) in [6.07, 6.45) is 3.57. The lowest BCUT2D eigenvalue weighted by atomic mass is 10.8. The van der Waals surface area contributed by atoms with E-state index in [0.717, 1.165) is 10.1 Å². The fraction of sp³-hybridized carbons (Fsp3) is 0.167. The minimum atomic E-state index is 0.813. The third-order valence-electron chi connectivity index (χ3n) is 1.22. The molecule has 5 heteroatoms. The molecule has 0 saturated heterocycles. The zero-order chi connectivity index (χ0) is 7.68. The topological polar surface area (TPSA) is 43.6 Å². The van der Waals surface area contributed by atoms with Crippen LogP contribution < -0.4 is 0 Å². The van der Waals surface area contributed by atoms with Crippen LogP contribution in [0.1, 0.15) is 5.01 Å². The molecule has 0 spiro atoms. The van der Waals surface area contributed by atoms with Crippen LogP contribution in [-0.4, -0.2) is 20.0 Å². The Morgan fingerprint density at radius 1 is 1.45 bits per heavy atom. The Morgan fingerprint density at radius 2 is 2.36 bits per heavy atom. The normalized spacial score (nSPS) is 10.3. The molecular weight excluding hydrogens is 160 g/mol. The van der Waals surface area contributed by atoms with Crippen molar-refractivity contribution in [3.05, 3.63) is 23.5 Å². The van der Waals surface area contributed by atoms with E-state index in [1.165, 1.54) is 11.3 Å². The van der Waals surface area contributed by atoms with Crippen LogP contribution in [0.3, 0.4) is 0 Å². The van der Waals surface area contributed by atoms with Gasteiger partial charge in [0.1, 0.15) is 5.01 Å². The predicted molar refractivity (Wildman–Crippen MR) is 41.8 cm³/mol. The van der Waals surface area contributed by atoms with Gasteiger partial charge in [0.15, 0.2) is 0 Å². The first-order chi connectivity index (χ1) is 5.36. The van der Waals surface area contributed by atoms with Gasteiger partial charge >= 0.3 is 0 Å². The molecule has 0 unspecified atom stereocenters. The van der Waals surface area contributed by atoms with Crippen LogP contribution in [0.4, 0.5) is 0 Å². The molecule has 4 nitrogen and oxygen atoms in total. The molecule has 0 amide bonds. The van der Waals surface area contributed by atoms with Gasteiger partial charge in [-0.2, -0.15) is 5.10 Å². The van der Waals surface area contributed by atoms with Crippen LogP contribution >= 0.6 is 11.3 Å². The number of hydrogen-bond acceptors (Lipinski definition) is 4. The van der Waals surface area contributed by atoms with Crippen molar-refractivity contribution in [3.63, 3.8) is 0 Å². The average Bonchev–Trinajstić information content (AvgIpc) is 2.55. The van der Waals surface area contributed by atoms with Gasteiger partial charge in [-0.05, 0) is 13.0 Å². The van der Waals surface area contributed by atoms with Gasteiger partial charge in [-0.25, -0.2) is 4.68 Å². The summed E-state index contributed by atoms with van der Waals surface area (Å²) in [5.74, 6) is 0. The zero-order valence-electron chi connectivity index (χ0n) is 5.93. The van der Waals surface area contributed by atoms with E-state index in [-0.39, 0.29) is 0 Å². The lowest BCUT2D eigenvalue weighted by molar-refractivity contribution is 0.844. The maximum atomic E-state index is 4.02. The first-order valence-electron chi connectivity index (χ1n) is 3.16. The molecule has 0 aromatic carbocycles. The molecule has 0 N–H and O–H groups in total. The molecule has 0 radical (unpaired) electrons. The van der Waals surface area contributed by atoms with Gasteiger partial charge in [0.05, 0.1) is 0 Å². The highest BCUT2D eigenvalue weighted by molar-refractivity contribution is 7.13. The average molecular weight is 166 g/mol. The van der Waals surface area contributed by atoms with E-state index in [9.17, 15) is 0 Å². The molecule has 2 aromatic heterocycles. The fourth-order valence-electron chi connectivity index (χ4n) is 0.761. The first kappa shape index (κ1) is 6.48. The summed E-state index contributed by atoms with van der Waals surface area (Å²) in [5.41, 5.74) is 0. The molecule has 56 valence electrons. The van der Waals surface area contributed by atoms with E-state index in [1.54, 1.807) is 10.9 Å². The Balaban J connectivity index is 2.45. The molecule has 0 aliphatic carbocycles. The number of hydrogen-bond donors (Lipinski definition) is 0. The highest BCUT2D eigenvalue weighted by Crippen LogP contribution is 2.11. The van der Waals surface area contributed by atoms with Crippen LogP contribution in [-0.2, 0) is 0 Å². The first-order valence-corrected chi connectivity index (χ1v) is 3.98. The van der Waals surface area contributed by atoms with Crippen molar-refractivity contribution >= 4 is 11.3 Å². The Bertz CT molecular complexity index is 337. The van der Waals surface area contributed by atoms with Gasteiger partial charge < -0.3 is 0 Å². The maximum Gasteiger partial charge on any atom is 0.232 e. The Morgan fingerprint density at radius 3 is 2.91 bits per heavy atom. The van der Waals surface area contributed by atoms with Gasteiger partial charge in [0, 0.05) is 12.4 Å². The second kappa shape index (κ2) is 2.43. The van der Waals surface area contributed by atoms with Crippen LogP contribution in [0.2, 0.25) is 0 Å². The Labute approximate surface area is 67.5 Å². The molecule has 11 heavy (non-hydrogen) atoms. The molecular formula is C6H6N4S. The summed E-state index contributed by atoms with van der Waals surface area (Å²) in [5, 5.41) is 13.6. The van der Waals surface area contributed by atoms with Crippen molar-refractivity contribution < 1.29 is 0 Å². The molecule has 0 aliphatic heterocycles. The summed E-state index contributed by atoms with van der Waals surface area (Å²) >= 11 is 1.52. The summed E-state index contributed by atoms with van der Waals surface area (Å²) in [7, 11) is 0. The fourth-order valence-corrected chi connectivity index (χ4v) is 1.39. The van der Waals surface area contributed by atoms with Crippen molar-refractivity contribution in [2.24, 2.45) is 0 Å². The number of aryl methyl sites for hydroxylation is 1. The minimum Gasteiger partial charge on any atom is -0.212 e. The van der Waals surface area contributed by atoms with Crippen molar-refractivity contribution in [3.8, 4) is 5.13 Å². The van der Waals surface area contributed by atoms with Crippen molar-refractivity contribution in [1.82, 2.24) is 20.0 Å². The summed E-state index contributed by atoms with van der Waals surface area (Å²) in [6, 6.07) is 1.86. The predicted octanol–water partition coefficient (Wildman–Crippen LogP) is 1.03. The van der Waals surface area contributed by atoms with Crippen molar-refractivity contribution in [1.29, 1.82) is 0 Å². The minimum absolute atomic E-state index is 0.813. The van der Waals surface area contributed by atoms with E-state index in [4.69, 9.17) is 0 Å². The van der Waals surface area contributed by atoms with Crippen LogP contribution in [0.25, 0.3) is 5.13 Å². The quantitative estimate of drug-likeness (QED) is 0.635. The zero-order valence-corrected chi connectivity index (χ0v) is 6.75. The second-order valence-corrected chi connectivity index (χ2v) is 3.21. The molecule has 2 heterocycles. The van der Waals surface area contributed by atoms with Crippen LogP contribution in [0, 0.1) is 6.92 Å². The monoisotopic (exact) mass is 166 g/mol. The van der Waals surface area contributed by atoms with Gasteiger partial charge in [-0.3, -0.25) is 0 Å².